The summed E-state index contributed by atoms with van der Waals surface area (Å²) in [5.41, 5.74) is 0.735. The van der Waals surface area contributed by atoms with Crippen molar-refractivity contribution in [3.63, 3.8) is 0 Å². The molecule has 0 spiro atoms. The van der Waals surface area contributed by atoms with Crippen LogP contribution < -0.4 is 15.0 Å². The summed E-state index contributed by atoms with van der Waals surface area (Å²) in [4.78, 5) is 27.6. The number of likely N-dealkylation sites (tertiary alicyclic amines) is 1. The van der Waals surface area contributed by atoms with Gasteiger partial charge in [0.1, 0.15) is 5.75 Å². The minimum absolute atomic E-state index is 0.0480. The first-order chi connectivity index (χ1) is 13.5. The van der Waals surface area contributed by atoms with Gasteiger partial charge in [0, 0.05) is 26.7 Å². The summed E-state index contributed by atoms with van der Waals surface area (Å²) in [6.45, 7) is 3.86. The van der Waals surface area contributed by atoms with Gasteiger partial charge >= 0.3 is 5.63 Å². The maximum Gasteiger partial charge on any atom is 0.426 e. The highest BCUT2D eigenvalue weighted by Gasteiger charge is 2.24. The molecule has 1 N–H and O–H groups in total. The summed E-state index contributed by atoms with van der Waals surface area (Å²) in [5.74, 6) is 1.35. The first-order valence-corrected chi connectivity index (χ1v) is 9.71. The Kier molecular flexibility index (Phi) is 6.86. The molecule has 8 nitrogen and oxygen atoms in total. The van der Waals surface area contributed by atoms with Crippen LogP contribution in [0.3, 0.4) is 0 Å². The number of likely N-dealkylation sites (N-methyl/N-ethyl adjacent to an activating group) is 1. The number of aromatic nitrogens is 2. The van der Waals surface area contributed by atoms with E-state index in [0.717, 1.165) is 44.6 Å². The molecule has 1 fully saturated rings. The highest BCUT2D eigenvalue weighted by molar-refractivity contribution is 5.74. The van der Waals surface area contributed by atoms with Crippen LogP contribution in [0.2, 0.25) is 0 Å². The SMILES string of the molecule is COc1ccccc1CCN1CCC[C@@H](CN(C)C(=O)C[n+]2cc(=O)o[nH]2)C1. The molecule has 0 saturated carbocycles. The average Bonchev–Trinajstić information content (AvgIpc) is 3.11. The molecule has 0 aliphatic carbocycles. The fourth-order valence-corrected chi connectivity index (χ4v) is 3.81. The Morgan fingerprint density at radius 3 is 3.00 bits per heavy atom. The van der Waals surface area contributed by atoms with E-state index in [1.807, 2.05) is 25.2 Å². The third-order valence-electron chi connectivity index (χ3n) is 5.28. The van der Waals surface area contributed by atoms with E-state index in [1.54, 1.807) is 12.0 Å². The first-order valence-electron chi connectivity index (χ1n) is 9.71. The highest BCUT2D eigenvalue weighted by atomic mass is 16.5. The van der Waals surface area contributed by atoms with Crippen LogP contribution >= 0.6 is 0 Å². The van der Waals surface area contributed by atoms with Gasteiger partial charge in [-0.1, -0.05) is 22.9 Å². The molecule has 1 aliphatic rings. The number of aromatic amines is 1. The molecular weight excluding hydrogens is 360 g/mol. The second-order valence-electron chi connectivity index (χ2n) is 7.41. The lowest BCUT2D eigenvalue weighted by molar-refractivity contribution is -0.751. The number of nitrogens with one attached hydrogen (secondary N) is 1. The topological polar surface area (TPSA) is 82.7 Å². The summed E-state index contributed by atoms with van der Waals surface area (Å²) in [6.07, 6.45) is 4.46. The van der Waals surface area contributed by atoms with E-state index in [1.165, 1.54) is 16.4 Å². The Morgan fingerprint density at radius 2 is 2.25 bits per heavy atom. The number of nitrogens with zero attached hydrogens (tertiary/aromatic N) is 3. The molecule has 2 aromatic rings. The number of piperidine rings is 1. The third-order valence-corrected chi connectivity index (χ3v) is 5.28. The standard InChI is InChI=1S/C20H28N4O4/c1-22(19(25)14-24-15-20(26)28-21-24)12-16-6-5-10-23(13-16)11-9-17-7-3-4-8-18(17)27-2/h3-4,7-8,15-16H,5-6,9-14H2,1-2H3/p+1/t16-/m0/s1. The molecule has 1 aromatic heterocycles. The summed E-state index contributed by atoms with van der Waals surface area (Å²) in [7, 11) is 3.52. The van der Waals surface area contributed by atoms with Gasteiger partial charge < -0.3 is 14.5 Å². The summed E-state index contributed by atoms with van der Waals surface area (Å²) in [6, 6.07) is 8.15. The number of hydrogen-bond donors (Lipinski definition) is 1. The Hall–Kier alpha value is -2.61. The van der Waals surface area contributed by atoms with Gasteiger partial charge in [0.25, 0.3) is 18.6 Å². The van der Waals surface area contributed by atoms with E-state index in [4.69, 9.17) is 4.74 Å². The van der Waals surface area contributed by atoms with Crippen LogP contribution in [-0.2, 0) is 17.8 Å². The maximum absolute atomic E-state index is 12.4. The predicted octanol–water partition coefficient (Wildman–Crippen LogP) is 0.677. The molecule has 8 heteroatoms. The average molecular weight is 389 g/mol. The Labute approximate surface area is 164 Å². The molecule has 1 amide bonds. The van der Waals surface area contributed by atoms with Gasteiger partial charge in [0.05, 0.1) is 7.11 Å². The molecule has 1 saturated heterocycles. The number of carbonyl (C=O) groups excluding carboxylic acids is 1. The summed E-state index contributed by atoms with van der Waals surface area (Å²) >= 11 is 0. The first kappa shape index (κ1) is 20.1. The van der Waals surface area contributed by atoms with Crippen molar-refractivity contribution >= 4 is 5.91 Å². The zero-order valence-corrected chi connectivity index (χ0v) is 16.6. The van der Waals surface area contributed by atoms with Crippen molar-refractivity contribution in [2.45, 2.75) is 25.8 Å². The van der Waals surface area contributed by atoms with E-state index in [-0.39, 0.29) is 12.5 Å². The van der Waals surface area contributed by atoms with E-state index in [9.17, 15) is 9.59 Å². The highest BCUT2D eigenvalue weighted by Crippen LogP contribution is 2.21. The van der Waals surface area contributed by atoms with Crippen molar-refractivity contribution in [2.24, 2.45) is 5.92 Å². The molecule has 3 rings (SSSR count). The molecular formula is C20H29N4O4+. The van der Waals surface area contributed by atoms with Gasteiger partial charge in [-0.15, -0.1) is 0 Å². The van der Waals surface area contributed by atoms with E-state index in [2.05, 4.69) is 20.8 Å². The van der Waals surface area contributed by atoms with Crippen molar-refractivity contribution in [1.29, 1.82) is 0 Å². The van der Waals surface area contributed by atoms with Gasteiger partial charge in [-0.05, 0) is 48.6 Å². The quantitative estimate of drug-likeness (QED) is 0.672. The molecule has 1 aliphatic heterocycles. The predicted molar refractivity (Wildman–Crippen MR) is 103 cm³/mol. The number of rotatable bonds is 8. The van der Waals surface area contributed by atoms with Crippen LogP contribution in [0.15, 0.2) is 39.8 Å². The van der Waals surface area contributed by atoms with Crippen LogP contribution in [0, 0.1) is 5.92 Å². The normalized spacial score (nSPS) is 17.4. The van der Waals surface area contributed by atoms with Crippen LogP contribution in [0.4, 0.5) is 0 Å². The largest absolute Gasteiger partial charge is 0.496 e. The summed E-state index contributed by atoms with van der Waals surface area (Å²) in [5, 5.41) is 2.41. The molecule has 2 heterocycles. The number of hydrogen-bond acceptors (Lipinski definition) is 5. The number of para-hydroxylation sites is 1. The molecule has 28 heavy (non-hydrogen) atoms. The van der Waals surface area contributed by atoms with Gasteiger partial charge in [-0.25, -0.2) is 4.79 Å². The molecule has 152 valence electrons. The molecule has 0 unspecified atom stereocenters. The van der Waals surface area contributed by atoms with Crippen molar-refractivity contribution in [3.05, 3.63) is 46.4 Å². The van der Waals surface area contributed by atoms with Crippen molar-refractivity contribution in [3.8, 4) is 5.75 Å². The summed E-state index contributed by atoms with van der Waals surface area (Å²) < 4.78 is 11.4. The van der Waals surface area contributed by atoms with Crippen LogP contribution in [0.1, 0.15) is 18.4 Å². The Morgan fingerprint density at radius 1 is 1.43 bits per heavy atom. The lowest BCUT2D eigenvalue weighted by Crippen LogP contribution is -2.47. The fourth-order valence-electron chi connectivity index (χ4n) is 3.81. The number of methoxy groups -OCH3 is 1. The fraction of sp³-hybridized carbons (Fsp3) is 0.550. The van der Waals surface area contributed by atoms with Gasteiger partial charge in [-0.2, -0.15) is 0 Å². The number of H-pyrrole nitrogens is 1. The minimum atomic E-state index is -0.492. The van der Waals surface area contributed by atoms with Gasteiger partial charge in [-0.3, -0.25) is 9.32 Å². The molecule has 1 atom stereocenters. The van der Waals surface area contributed by atoms with Crippen LogP contribution in [-0.4, -0.2) is 61.3 Å². The van der Waals surface area contributed by atoms with Gasteiger partial charge in [0.2, 0.25) is 0 Å². The lowest BCUT2D eigenvalue weighted by atomic mass is 9.97. The van der Waals surface area contributed by atoms with E-state index < -0.39 is 5.63 Å². The Balaban J connectivity index is 1.47. The second-order valence-corrected chi connectivity index (χ2v) is 7.41. The maximum atomic E-state index is 12.4. The van der Waals surface area contributed by atoms with Gasteiger partial charge in [0.15, 0.2) is 0 Å². The third kappa shape index (κ3) is 5.45. The van der Waals surface area contributed by atoms with Crippen molar-refractivity contribution < 1.29 is 18.7 Å². The number of benzene rings is 1. The number of carbonyl (C=O) groups is 1. The number of ether oxygens (including phenoxy) is 1. The smallest absolute Gasteiger partial charge is 0.426 e. The van der Waals surface area contributed by atoms with Crippen LogP contribution in [0.5, 0.6) is 5.75 Å². The minimum Gasteiger partial charge on any atom is -0.496 e. The van der Waals surface area contributed by atoms with Crippen LogP contribution in [0.25, 0.3) is 0 Å². The monoisotopic (exact) mass is 389 g/mol. The van der Waals surface area contributed by atoms with E-state index >= 15 is 0 Å². The molecule has 0 bridgehead atoms. The van der Waals surface area contributed by atoms with E-state index in [0.29, 0.717) is 12.5 Å². The molecule has 1 aromatic carbocycles. The molecule has 0 radical (unpaired) electrons. The van der Waals surface area contributed by atoms with Crippen molar-refractivity contribution in [1.82, 2.24) is 15.1 Å². The number of amides is 1. The lowest BCUT2D eigenvalue weighted by Gasteiger charge is -2.34. The second kappa shape index (κ2) is 9.54. The zero-order valence-electron chi connectivity index (χ0n) is 16.6. The van der Waals surface area contributed by atoms with Crippen molar-refractivity contribution in [2.75, 3.05) is 40.3 Å². The Bertz CT molecular complexity index is 831. The zero-order chi connectivity index (χ0) is 19.9.